The molecular weight excluding hydrogens is 302 g/mol. The molecule has 0 fully saturated rings. The second-order valence-corrected chi connectivity index (χ2v) is 8.17. The fraction of sp³-hybridized carbons (Fsp3) is 0.455. The van der Waals surface area contributed by atoms with Crippen LogP contribution >= 0.6 is 0 Å². The van der Waals surface area contributed by atoms with Crippen molar-refractivity contribution in [2.45, 2.75) is 23.5 Å². The van der Waals surface area contributed by atoms with Crippen LogP contribution in [0.4, 0.5) is 0 Å². The van der Waals surface area contributed by atoms with E-state index in [0.29, 0.717) is 6.42 Å². The average molecular weight is 321 g/mol. The van der Waals surface area contributed by atoms with E-state index in [9.17, 15) is 16.8 Å². The van der Waals surface area contributed by atoms with Crippen molar-refractivity contribution in [2.24, 2.45) is 10.9 Å². The van der Waals surface area contributed by atoms with Crippen LogP contribution in [0.15, 0.2) is 29.2 Å². The molecule has 1 aromatic carbocycles. The maximum atomic E-state index is 11.7. The van der Waals surface area contributed by atoms with Gasteiger partial charge in [-0.15, -0.1) is 0 Å². The van der Waals surface area contributed by atoms with E-state index in [2.05, 4.69) is 4.72 Å². The molecule has 0 saturated carbocycles. The standard InChI is InChI=1S/C11H19N3O4S2/c1-9(8-12)20(17,18)14-7-6-10-2-4-11(5-3-10)19(13,15)16/h2-5,9,14H,6-8,12H2,1H3,(H2,13,15,16). The summed E-state index contributed by atoms with van der Waals surface area (Å²) < 4.78 is 47.9. The first-order valence-corrected chi connectivity index (χ1v) is 9.06. The predicted octanol–water partition coefficient (Wildman–Crippen LogP) is -0.857. The Bertz CT molecular complexity index is 639. The minimum absolute atomic E-state index is 0.0265. The molecule has 0 aliphatic rings. The molecule has 0 bridgehead atoms. The smallest absolute Gasteiger partial charge is 0.238 e. The van der Waals surface area contributed by atoms with E-state index in [0.717, 1.165) is 5.56 Å². The molecule has 0 aliphatic heterocycles. The van der Waals surface area contributed by atoms with Gasteiger partial charge in [0.25, 0.3) is 0 Å². The first-order valence-electron chi connectivity index (χ1n) is 5.97. The number of benzene rings is 1. The zero-order valence-corrected chi connectivity index (χ0v) is 12.7. The van der Waals surface area contributed by atoms with E-state index >= 15 is 0 Å². The zero-order valence-electron chi connectivity index (χ0n) is 11.1. The molecule has 1 aromatic rings. The van der Waals surface area contributed by atoms with Crippen LogP contribution in [0, 0.1) is 0 Å². The van der Waals surface area contributed by atoms with Crippen molar-refractivity contribution >= 4 is 20.0 Å². The van der Waals surface area contributed by atoms with Gasteiger partial charge in [-0.1, -0.05) is 12.1 Å². The minimum atomic E-state index is -3.70. The van der Waals surface area contributed by atoms with E-state index in [1.807, 2.05) is 0 Å². The molecule has 5 N–H and O–H groups in total. The van der Waals surface area contributed by atoms with Crippen molar-refractivity contribution < 1.29 is 16.8 Å². The first kappa shape index (κ1) is 17.1. The van der Waals surface area contributed by atoms with E-state index in [1.165, 1.54) is 19.1 Å². The lowest BCUT2D eigenvalue weighted by molar-refractivity contribution is 0.569. The van der Waals surface area contributed by atoms with Gasteiger partial charge in [0.1, 0.15) is 0 Å². The summed E-state index contributed by atoms with van der Waals surface area (Å²) in [6.45, 7) is 1.81. The molecule has 0 radical (unpaired) electrons. The lowest BCUT2D eigenvalue weighted by Crippen LogP contribution is -2.37. The van der Waals surface area contributed by atoms with E-state index in [1.54, 1.807) is 12.1 Å². The molecule has 1 rings (SSSR count). The number of nitrogens with two attached hydrogens (primary N) is 2. The number of hydrogen-bond acceptors (Lipinski definition) is 5. The van der Waals surface area contributed by atoms with Gasteiger partial charge >= 0.3 is 0 Å². The minimum Gasteiger partial charge on any atom is -0.329 e. The summed E-state index contributed by atoms with van der Waals surface area (Å²) in [5, 5.41) is 4.34. The summed E-state index contributed by atoms with van der Waals surface area (Å²) in [6, 6.07) is 5.98. The molecule has 0 heterocycles. The van der Waals surface area contributed by atoms with Crippen LogP contribution in [-0.4, -0.2) is 35.2 Å². The van der Waals surface area contributed by atoms with Crippen LogP contribution in [0.2, 0.25) is 0 Å². The number of sulfonamides is 2. The molecule has 7 nitrogen and oxygen atoms in total. The molecule has 0 aromatic heterocycles. The van der Waals surface area contributed by atoms with Gasteiger partial charge in [0.15, 0.2) is 0 Å². The van der Waals surface area contributed by atoms with Crippen LogP contribution in [-0.2, 0) is 26.5 Å². The number of primary sulfonamides is 1. The van der Waals surface area contributed by atoms with Crippen molar-refractivity contribution in [3.05, 3.63) is 29.8 Å². The SMILES string of the molecule is CC(CN)S(=O)(=O)NCCc1ccc(S(N)(=O)=O)cc1. The van der Waals surface area contributed by atoms with Gasteiger partial charge in [-0.2, -0.15) is 0 Å². The summed E-state index contributed by atoms with van der Waals surface area (Å²) in [4.78, 5) is 0.0265. The highest BCUT2D eigenvalue weighted by Gasteiger charge is 2.17. The predicted molar refractivity (Wildman–Crippen MR) is 77.0 cm³/mol. The molecule has 0 saturated heterocycles. The van der Waals surface area contributed by atoms with Gasteiger partial charge in [0, 0.05) is 13.1 Å². The third-order valence-corrected chi connectivity index (χ3v) is 5.62. The molecule has 1 atom stereocenters. The zero-order chi connectivity index (χ0) is 15.4. The third kappa shape index (κ3) is 4.84. The van der Waals surface area contributed by atoms with E-state index in [-0.39, 0.29) is 18.0 Å². The van der Waals surface area contributed by atoms with Crippen molar-refractivity contribution in [3.63, 3.8) is 0 Å². The van der Waals surface area contributed by atoms with Crippen LogP contribution < -0.4 is 15.6 Å². The molecule has 0 aliphatic carbocycles. The van der Waals surface area contributed by atoms with Crippen LogP contribution in [0.25, 0.3) is 0 Å². The van der Waals surface area contributed by atoms with Gasteiger partial charge in [0.05, 0.1) is 10.1 Å². The highest BCUT2D eigenvalue weighted by Crippen LogP contribution is 2.09. The molecular formula is C11H19N3O4S2. The van der Waals surface area contributed by atoms with E-state index < -0.39 is 25.3 Å². The average Bonchev–Trinajstić information content (AvgIpc) is 2.37. The van der Waals surface area contributed by atoms with Crippen molar-refractivity contribution in [1.82, 2.24) is 4.72 Å². The van der Waals surface area contributed by atoms with Gasteiger partial charge in [-0.3, -0.25) is 0 Å². The van der Waals surface area contributed by atoms with Crippen molar-refractivity contribution in [2.75, 3.05) is 13.1 Å². The van der Waals surface area contributed by atoms with Gasteiger partial charge < -0.3 is 5.73 Å². The third-order valence-electron chi connectivity index (χ3n) is 2.83. The van der Waals surface area contributed by atoms with Crippen molar-refractivity contribution in [3.8, 4) is 0 Å². The Morgan fingerprint density at radius 3 is 2.15 bits per heavy atom. The molecule has 0 spiro atoms. The Morgan fingerprint density at radius 2 is 1.70 bits per heavy atom. The molecule has 0 amide bonds. The summed E-state index contributed by atoms with van der Waals surface area (Å²) in [6.07, 6.45) is 0.446. The Kier molecular flexibility index (Phi) is 5.66. The first-order chi connectivity index (χ1) is 9.16. The maximum Gasteiger partial charge on any atom is 0.238 e. The summed E-state index contributed by atoms with van der Waals surface area (Å²) in [5.74, 6) is 0. The van der Waals surface area contributed by atoms with Gasteiger partial charge in [-0.25, -0.2) is 26.7 Å². The Morgan fingerprint density at radius 1 is 1.15 bits per heavy atom. The quantitative estimate of drug-likeness (QED) is 0.601. The molecule has 9 heteroatoms. The Hall–Kier alpha value is -1.00. The number of hydrogen-bond donors (Lipinski definition) is 3. The van der Waals surface area contributed by atoms with Crippen LogP contribution in [0.1, 0.15) is 12.5 Å². The second kappa shape index (κ2) is 6.64. The van der Waals surface area contributed by atoms with Gasteiger partial charge in [0.2, 0.25) is 20.0 Å². The Balaban J connectivity index is 2.60. The maximum absolute atomic E-state index is 11.7. The highest BCUT2D eigenvalue weighted by molar-refractivity contribution is 7.90. The van der Waals surface area contributed by atoms with E-state index in [4.69, 9.17) is 10.9 Å². The summed E-state index contributed by atoms with van der Waals surface area (Å²) in [5.41, 5.74) is 6.12. The highest BCUT2D eigenvalue weighted by atomic mass is 32.2. The topological polar surface area (TPSA) is 132 Å². The monoisotopic (exact) mass is 321 g/mol. The lowest BCUT2D eigenvalue weighted by atomic mass is 10.2. The molecule has 1 unspecified atom stereocenters. The van der Waals surface area contributed by atoms with Gasteiger partial charge in [-0.05, 0) is 31.0 Å². The lowest BCUT2D eigenvalue weighted by Gasteiger charge is -2.11. The Labute approximate surface area is 119 Å². The normalized spacial score (nSPS) is 14.2. The van der Waals surface area contributed by atoms with Crippen LogP contribution in [0.5, 0.6) is 0 Å². The fourth-order valence-electron chi connectivity index (χ4n) is 1.45. The fourth-order valence-corrected chi connectivity index (χ4v) is 2.89. The number of rotatable bonds is 7. The summed E-state index contributed by atoms with van der Waals surface area (Å²) >= 11 is 0. The molecule has 20 heavy (non-hydrogen) atoms. The largest absolute Gasteiger partial charge is 0.329 e. The number of nitrogens with one attached hydrogen (secondary N) is 1. The summed E-state index contributed by atoms with van der Waals surface area (Å²) in [7, 11) is -7.11. The second-order valence-electron chi connectivity index (χ2n) is 4.42. The molecule has 114 valence electrons. The van der Waals surface area contributed by atoms with Crippen molar-refractivity contribution in [1.29, 1.82) is 0 Å². The van der Waals surface area contributed by atoms with Crippen LogP contribution in [0.3, 0.4) is 0 Å².